The molecular weight excluding hydrogens is 458 g/mol. The van der Waals surface area contributed by atoms with Gasteiger partial charge in [-0.05, 0) is 41.4 Å². The van der Waals surface area contributed by atoms with E-state index in [9.17, 15) is 24.3 Å². The molecule has 8 nitrogen and oxygen atoms in total. The second-order valence-electron chi connectivity index (χ2n) is 9.95. The molecule has 0 spiro atoms. The van der Waals surface area contributed by atoms with E-state index in [-0.39, 0.29) is 18.3 Å². The molecule has 2 aromatic carbocycles. The number of benzene rings is 2. The maximum atomic E-state index is 13.3. The smallest absolute Gasteiger partial charge is 0.304 e. The molecule has 8 heteroatoms. The predicted octanol–water partition coefficient (Wildman–Crippen LogP) is 3.66. The molecule has 0 saturated carbocycles. The number of hydrogen-bond acceptors (Lipinski definition) is 4. The minimum Gasteiger partial charge on any atom is -0.481 e. The Morgan fingerprint density at radius 3 is 1.83 bits per heavy atom. The maximum absolute atomic E-state index is 13.3. The van der Waals surface area contributed by atoms with Gasteiger partial charge in [0.25, 0.3) is 0 Å². The van der Waals surface area contributed by atoms with Crippen LogP contribution in [0, 0.1) is 17.8 Å². The number of nitrogens with one attached hydrogen (secondary N) is 2. The van der Waals surface area contributed by atoms with Crippen LogP contribution in [0.3, 0.4) is 0 Å². The molecule has 36 heavy (non-hydrogen) atoms. The van der Waals surface area contributed by atoms with Gasteiger partial charge in [0.2, 0.25) is 17.7 Å². The Hall–Kier alpha value is -3.68. The van der Waals surface area contributed by atoms with E-state index in [1.165, 1.54) is 0 Å². The molecule has 3 atom stereocenters. The quantitative estimate of drug-likeness (QED) is 0.336. The Labute approximate surface area is 212 Å². The molecule has 0 aliphatic carbocycles. The molecular formula is C28H37N3O5. The van der Waals surface area contributed by atoms with Gasteiger partial charge < -0.3 is 21.5 Å². The Morgan fingerprint density at radius 1 is 0.778 bits per heavy atom. The normalized spacial score (nSPS) is 13.6. The standard InChI is InChI=1S/C28H37N3O5/c1-17(2)14-22(16-24(32)33)27(35)31-25(28(36)30-23(26(29)34)15-18(3)4)21-12-10-20(11-13-21)19-8-6-5-7-9-19/h5-13,17-18,22-23,25H,14-16H2,1-4H3,(H2,29,34)(H,30,36)(H,31,35)(H,32,33)/t22-,23-,25?/m0/s1. The monoisotopic (exact) mass is 495 g/mol. The van der Waals surface area contributed by atoms with Crippen LogP contribution in [0.2, 0.25) is 0 Å². The lowest BCUT2D eigenvalue weighted by Crippen LogP contribution is -2.50. The molecule has 0 heterocycles. The van der Waals surface area contributed by atoms with Crippen molar-refractivity contribution < 1.29 is 24.3 Å². The summed E-state index contributed by atoms with van der Waals surface area (Å²) in [6, 6.07) is 14.9. The van der Waals surface area contributed by atoms with Gasteiger partial charge in [0, 0.05) is 5.92 Å². The third kappa shape index (κ3) is 8.83. The van der Waals surface area contributed by atoms with Gasteiger partial charge in [-0.1, -0.05) is 82.3 Å². The van der Waals surface area contributed by atoms with Gasteiger partial charge in [0.1, 0.15) is 12.1 Å². The molecule has 2 aromatic rings. The van der Waals surface area contributed by atoms with Crippen LogP contribution in [-0.4, -0.2) is 34.8 Å². The first-order valence-corrected chi connectivity index (χ1v) is 12.2. The average molecular weight is 496 g/mol. The number of carboxylic acids is 1. The van der Waals surface area contributed by atoms with Crippen LogP contribution in [0.1, 0.15) is 58.6 Å². The topological polar surface area (TPSA) is 139 Å². The van der Waals surface area contributed by atoms with Crippen molar-refractivity contribution in [1.29, 1.82) is 0 Å². The first-order chi connectivity index (χ1) is 17.0. The molecule has 2 rings (SSSR count). The summed E-state index contributed by atoms with van der Waals surface area (Å²) in [5, 5.41) is 14.7. The van der Waals surface area contributed by atoms with Gasteiger partial charge in [-0.2, -0.15) is 0 Å². The summed E-state index contributed by atoms with van der Waals surface area (Å²) in [5.74, 6) is -3.48. The van der Waals surface area contributed by atoms with Crippen LogP contribution >= 0.6 is 0 Å². The molecule has 0 aromatic heterocycles. The number of nitrogens with two attached hydrogens (primary N) is 1. The third-order valence-corrected chi connectivity index (χ3v) is 5.81. The van der Waals surface area contributed by atoms with Gasteiger partial charge in [0.15, 0.2) is 0 Å². The Balaban J connectivity index is 2.37. The summed E-state index contributed by atoms with van der Waals surface area (Å²) in [5.41, 5.74) is 7.95. The highest BCUT2D eigenvalue weighted by Gasteiger charge is 2.31. The largest absolute Gasteiger partial charge is 0.481 e. The van der Waals surface area contributed by atoms with Gasteiger partial charge >= 0.3 is 5.97 Å². The van der Waals surface area contributed by atoms with Crippen molar-refractivity contribution in [3.63, 3.8) is 0 Å². The molecule has 0 bridgehead atoms. The number of carbonyl (C=O) groups excluding carboxylic acids is 3. The summed E-state index contributed by atoms with van der Waals surface area (Å²) in [6.07, 6.45) is 0.364. The minimum atomic E-state index is -1.13. The van der Waals surface area contributed by atoms with E-state index in [0.717, 1.165) is 11.1 Å². The van der Waals surface area contributed by atoms with Crippen LogP contribution in [0.5, 0.6) is 0 Å². The fraction of sp³-hybridized carbons (Fsp3) is 0.429. The fourth-order valence-corrected chi connectivity index (χ4v) is 4.09. The summed E-state index contributed by atoms with van der Waals surface area (Å²) in [6.45, 7) is 7.62. The summed E-state index contributed by atoms with van der Waals surface area (Å²) < 4.78 is 0. The highest BCUT2D eigenvalue weighted by Crippen LogP contribution is 2.24. The van der Waals surface area contributed by atoms with Crippen molar-refractivity contribution in [2.45, 2.75) is 59.0 Å². The third-order valence-electron chi connectivity index (χ3n) is 5.81. The number of amides is 3. The number of rotatable bonds is 13. The molecule has 0 saturated heterocycles. The van der Waals surface area contributed by atoms with Crippen molar-refractivity contribution >= 4 is 23.7 Å². The number of carboxylic acid groups (broad SMARTS) is 1. The van der Waals surface area contributed by atoms with E-state index in [2.05, 4.69) is 10.6 Å². The molecule has 1 unspecified atom stereocenters. The SMILES string of the molecule is CC(C)C[C@@H](CC(=O)O)C(=O)NC(C(=O)N[C@@H](CC(C)C)C(N)=O)c1ccc(-c2ccccc2)cc1. The lowest BCUT2D eigenvalue weighted by Gasteiger charge is -2.25. The molecule has 0 radical (unpaired) electrons. The molecule has 0 aliphatic rings. The van der Waals surface area contributed by atoms with Crippen molar-refractivity contribution in [3.05, 3.63) is 60.2 Å². The second kappa shape index (κ2) is 13.4. The predicted molar refractivity (Wildman–Crippen MR) is 139 cm³/mol. The van der Waals surface area contributed by atoms with E-state index >= 15 is 0 Å². The average Bonchev–Trinajstić information content (AvgIpc) is 2.81. The zero-order valence-corrected chi connectivity index (χ0v) is 21.4. The van der Waals surface area contributed by atoms with Crippen molar-refractivity contribution in [2.75, 3.05) is 0 Å². The summed E-state index contributed by atoms with van der Waals surface area (Å²) in [4.78, 5) is 49.8. The summed E-state index contributed by atoms with van der Waals surface area (Å²) >= 11 is 0. The zero-order valence-electron chi connectivity index (χ0n) is 21.4. The van der Waals surface area contributed by atoms with E-state index < -0.39 is 41.7 Å². The first-order valence-electron chi connectivity index (χ1n) is 12.2. The maximum Gasteiger partial charge on any atom is 0.304 e. The number of aliphatic carboxylic acids is 1. The zero-order chi connectivity index (χ0) is 26.8. The van der Waals surface area contributed by atoms with E-state index in [4.69, 9.17) is 5.73 Å². The molecule has 194 valence electrons. The lowest BCUT2D eigenvalue weighted by molar-refractivity contribution is -0.142. The van der Waals surface area contributed by atoms with Crippen molar-refractivity contribution in [1.82, 2.24) is 10.6 Å². The lowest BCUT2D eigenvalue weighted by atomic mass is 9.92. The van der Waals surface area contributed by atoms with Gasteiger partial charge in [-0.3, -0.25) is 19.2 Å². The highest BCUT2D eigenvalue weighted by atomic mass is 16.4. The van der Waals surface area contributed by atoms with Crippen molar-refractivity contribution in [3.8, 4) is 11.1 Å². The Kier molecular flexibility index (Phi) is 10.6. The van der Waals surface area contributed by atoms with Crippen molar-refractivity contribution in [2.24, 2.45) is 23.5 Å². The minimum absolute atomic E-state index is 0.0859. The van der Waals surface area contributed by atoms with Gasteiger partial charge in [0.05, 0.1) is 6.42 Å². The van der Waals surface area contributed by atoms with Gasteiger partial charge in [-0.15, -0.1) is 0 Å². The molecule has 0 aliphatic heterocycles. The number of hydrogen-bond donors (Lipinski definition) is 4. The Bertz CT molecular complexity index is 1030. The molecule has 3 amide bonds. The molecule has 5 N–H and O–H groups in total. The van der Waals surface area contributed by atoms with Crippen LogP contribution in [0.4, 0.5) is 0 Å². The highest BCUT2D eigenvalue weighted by molar-refractivity contribution is 5.93. The van der Waals surface area contributed by atoms with Crippen LogP contribution in [0.15, 0.2) is 54.6 Å². The second-order valence-corrected chi connectivity index (χ2v) is 9.95. The van der Waals surface area contributed by atoms with E-state index in [1.807, 2.05) is 70.2 Å². The number of primary amides is 1. The van der Waals surface area contributed by atoms with Crippen LogP contribution in [0.25, 0.3) is 11.1 Å². The molecule has 0 fully saturated rings. The first kappa shape index (κ1) is 28.6. The summed E-state index contributed by atoms with van der Waals surface area (Å²) in [7, 11) is 0. The Morgan fingerprint density at radius 2 is 1.33 bits per heavy atom. The number of carbonyl (C=O) groups is 4. The van der Waals surface area contributed by atoms with E-state index in [1.54, 1.807) is 12.1 Å². The van der Waals surface area contributed by atoms with Gasteiger partial charge in [-0.25, -0.2) is 0 Å². The van der Waals surface area contributed by atoms with Crippen LogP contribution < -0.4 is 16.4 Å². The van der Waals surface area contributed by atoms with E-state index in [0.29, 0.717) is 18.4 Å². The fourth-order valence-electron chi connectivity index (χ4n) is 4.09. The van der Waals surface area contributed by atoms with Crippen LogP contribution in [-0.2, 0) is 19.2 Å².